The lowest BCUT2D eigenvalue weighted by Gasteiger charge is -2.48. The number of hydrogen-bond acceptors (Lipinski definition) is 3. The highest BCUT2D eigenvalue weighted by molar-refractivity contribution is 6.00. The zero-order chi connectivity index (χ0) is 20.9. The largest absolute Gasteiger partial charge is 0.478 e. The van der Waals surface area contributed by atoms with E-state index in [1.807, 2.05) is 36.4 Å². The van der Waals surface area contributed by atoms with E-state index in [1.165, 1.54) is 23.3 Å². The van der Waals surface area contributed by atoms with Crippen molar-refractivity contribution in [1.29, 1.82) is 5.26 Å². The molecule has 2 N–H and O–H groups in total. The Hall–Kier alpha value is -3.91. The summed E-state index contributed by atoms with van der Waals surface area (Å²) in [6, 6.07) is 24.5. The van der Waals surface area contributed by atoms with E-state index in [1.54, 1.807) is 12.1 Å². The summed E-state index contributed by atoms with van der Waals surface area (Å²) in [6.07, 6.45) is 0.395. The number of fused-ring (bicyclic) bond motifs is 1. The molecule has 0 saturated carbocycles. The Labute approximate surface area is 173 Å². The van der Waals surface area contributed by atoms with Crippen LogP contribution in [-0.2, 0) is 4.79 Å². The zero-order valence-corrected chi connectivity index (χ0v) is 16.0. The fraction of sp³-hybridized carbons (Fsp3) is 0.160. The van der Waals surface area contributed by atoms with Gasteiger partial charge in [0.25, 0.3) is 0 Å². The summed E-state index contributed by atoms with van der Waals surface area (Å²) in [5, 5.41) is 22.3. The maximum absolute atomic E-state index is 13.5. The number of rotatable bonds is 3. The Morgan fingerprint density at radius 3 is 2.10 bits per heavy atom. The van der Waals surface area contributed by atoms with E-state index in [2.05, 4.69) is 23.5 Å². The van der Waals surface area contributed by atoms with Crippen LogP contribution in [0.25, 0.3) is 0 Å². The van der Waals surface area contributed by atoms with E-state index >= 15 is 0 Å². The molecule has 30 heavy (non-hydrogen) atoms. The van der Waals surface area contributed by atoms with E-state index < -0.39 is 17.3 Å². The molecule has 146 valence electrons. The number of nitrogens with zero attached hydrogens (tertiary/aromatic N) is 1. The average Bonchev–Trinajstić information content (AvgIpc) is 2.79. The number of carboxylic acids is 1. The Balaban J connectivity index is 1.61. The first kappa shape index (κ1) is 18.1. The van der Waals surface area contributed by atoms with Gasteiger partial charge in [-0.25, -0.2) is 4.79 Å². The minimum atomic E-state index is -1.27. The summed E-state index contributed by atoms with van der Waals surface area (Å²) in [5.41, 5.74) is 3.57. The Bertz CT molecular complexity index is 1200. The van der Waals surface area contributed by atoms with Gasteiger partial charge in [-0.15, -0.1) is 0 Å². The van der Waals surface area contributed by atoms with Gasteiger partial charge in [0.1, 0.15) is 5.41 Å². The molecule has 3 aromatic rings. The normalized spacial score (nSPS) is 23.0. The summed E-state index contributed by atoms with van der Waals surface area (Å²) >= 11 is 0. The standard InChI is InChI=1S/C25H18N2O3/c26-14-25(24(30)27-16-7-5-6-15(12-16)23(28)29)13-21-17-8-1-3-10-19(17)22(25)20-11-4-2-9-18(20)21/h1-12,21-22H,13H2,(H,27,30)(H,28,29). The van der Waals surface area contributed by atoms with Crippen LogP contribution in [-0.4, -0.2) is 17.0 Å². The highest BCUT2D eigenvalue weighted by Crippen LogP contribution is 2.61. The number of nitrogens with one attached hydrogen (secondary N) is 1. The number of amides is 1. The molecule has 0 saturated heterocycles. The van der Waals surface area contributed by atoms with Crippen molar-refractivity contribution in [1.82, 2.24) is 0 Å². The molecule has 3 aliphatic carbocycles. The van der Waals surface area contributed by atoms with Gasteiger partial charge in [0.05, 0.1) is 11.6 Å². The molecule has 0 heterocycles. The molecule has 3 aliphatic rings. The number of hydrogen-bond donors (Lipinski definition) is 2. The number of carbonyl (C=O) groups is 2. The van der Waals surface area contributed by atoms with Crippen LogP contribution in [0.4, 0.5) is 5.69 Å². The second kappa shape index (κ2) is 6.57. The number of nitriles is 1. The van der Waals surface area contributed by atoms with Gasteiger partial charge in [-0.3, -0.25) is 4.79 Å². The lowest BCUT2D eigenvalue weighted by atomic mass is 9.52. The first-order chi connectivity index (χ1) is 14.5. The van der Waals surface area contributed by atoms with Crippen LogP contribution < -0.4 is 5.32 Å². The molecule has 1 unspecified atom stereocenters. The first-order valence-electron chi connectivity index (χ1n) is 9.79. The van der Waals surface area contributed by atoms with Gasteiger partial charge in [0, 0.05) is 17.5 Å². The summed E-state index contributed by atoms with van der Waals surface area (Å²) in [7, 11) is 0. The van der Waals surface area contributed by atoms with Gasteiger partial charge in [-0.05, 0) is 46.9 Å². The minimum Gasteiger partial charge on any atom is -0.478 e. The molecule has 5 nitrogen and oxygen atoms in total. The molecule has 1 amide bonds. The molecule has 5 heteroatoms. The molecule has 1 atom stereocenters. The van der Waals surface area contributed by atoms with Crippen LogP contribution >= 0.6 is 0 Å². The fourth-order valence-corrected chi connectivity index (χ4v) is 5.07. The lowest BCUT2D eigenvalue weighted by Crippen LogP contribution is -2.48. The maximum atomic E-state index is 13.5. The van der Waals surface area contributed by atoms with Gasteiger partial charge >= 0.3 is 5.97 Å². The van der Waals surface area contributed by atoms with Crippen molar-refractivity contribution in [3.63, 3.8) is 0 Å². The molecule has 0 aromatic heterocycles. The minimum absolute atomic E-state index is 0.0295. The highest BCUT2D eigenvalue weighted by atomic mass is 16.4. The van der Waals surface area contributed by atoms with Gasteiger partial charge in [-0.2, -0.15) is 5.26 Å². The molecule has 0 fully saturated rings. The Kier molecular flexibility index (Phi) is 3.97. The molecule has 6 rings (SSSR count). The smallest absolute Gasteiger partial charge is 0.335 e. The summed E-state index contributed by atoms with van der Waals surface area (Å²) in [6.45, 7) is 0. The number of benzene rings is 3. The van der Waals surface area contributed by atoms with Crippen molar-refractivity contribution in [2.24, 2.45) is 5.41 Å². The zero-order valence-electron chi connectivity index (χ0n) is 16.0. The molecular weight excluding hydrogens is 376 g/mol. The van der Waals surface area contributed by atoms with Gasteiger partial charge < -0.3 is 10.4 Å². The highest BCUT2D eigenvalue weighted by Gasteiger charge is 2.57. The van der Waals surface area contributed by atoms with Crippen LogP contribution in [0.1, 0.15) is 50.9 Å². The SMILES string of the molecule is N#CC1(C(=O)Nc2cccc(C(=O)O)c2)CC2c3ccccc3C1c1ccccc12. The molecule has 0 radical (unpaired) electrons. The Morgan fingerprint density at radius 1 is 0.933 bits per heavy atom. The van der Waals surface area contributed by atoms with Crippen molar-refractivity contribution < 1.29 is 14.7 Å². The first-order valence-corrected chi connectivity index (χ1v) is 9.79. The number of anilines is 1. The van der Waals surface area contributed by atoms with E-state index in [0.717, 1.165) is 11.1 Å². The third-order valence-electron chi connectivity index (χ3n) is 6.36. The third kappa shape index (κ3) is 2.47. The van der Waals surface area contributed by atoms with Gasteiger partial charge in [-0.1, -0.05) is 54.6 Å². The lowest BCUT2D eigenvalue weighted by molar-refractivity contribution is -0.124. The van der Waals surface area contributed by atoms with Crippen molar-refractivity contribution in [3.05, 3.63) is 101 Å². The van der Waals surface area contributed by atoms with Gasteiger partial charge in [0.2, 0.25) is 5.91 Å². The fourth-order valence-electron chi connectivity index (χ4n) is 5.07. The van der Waals surface area contributed by atoms with Crippen molar-refractivity contribution in [3.8, 4) is 6.07 Å². The second-order valence-electron chi connectivity index (χ2n) is 7.87. The second-order valence-corrected chi connectivity index (χ2v) is 7.87. The van der Waals surface area contributed by atoms with E-state index in [9.17, 15) is 20.0 Å². The van der Waals surface area contributed by atoms with E-state index in [0.29, 0.717) is 12.1 Å². The summed E-state index contributed by atoms with van der Waals surface area (Å²) in [5.74, 6) is -1.87. The van der Waals surface area contributed by atoms with Crippen LogP contribution in [0.2, 0.25) is 0 Å². The van der Waals surface area contributed by atoms with Crippen LogP contribution in [0, 0.1) is 16.7 Å². The predicted molar refractivity (Wildman–Crippen MR) is 111 cm³/mol. The van der Waals surface area contributed by atoms with Crippen molar-refractivity contribution in [2.75, 3.05) is 5.32 Å². The molecule has 2 bridgehead atoms. The molecule has 3 aromatic carbocycles. The van der Waals surface area contributed by atoms with Crippen molar-refractivity contribution >= 4 is 17.6 Å². The summed E-state index contributed by atoms with van der Waals surface area (Å²) in [4.78, 5) is 24.8. The molecular formula is C25H18N2O3. The maximum Gasteiger partial charge on any atom is 0.335 e. The van der Waals surface area contributed by atoms with Crippen LogP contribution in [0.5, 0.6) is 0 Å². The van der Waals surface area contributed by atoms with Gasteiger partial charge in [0.15, 0.2) is 0 Å². The number of aromatic carboxylic acids is 1. The number of carbonyl (C=O) groups excluding carboxylic acids is 1. The number of carboxylic acid groups (broad SMARTS) is 1. The predicted octanol–water partition coefficient (Wildman–Crippen LogP) is 4.51. The molecule has 0 spiro atoms. The van der Waals surface area contributed by atoms with Crippen LogP contribution in [0.15, 0.2) is 72.8 Å². The van der Waals surface area contributed by atoms with Crippen molar-refractivity contribution in [2.45, 2.75) is 18.3 Å². The topological polar surface area (TPSA) is 90.2 Å². The quantitative estimate of drug-likeness (QED) is 0.684. The Morgan fingerprint density at radius 2 is 1.53 bits per heavy atom. The molecule has 0 aliphatic heterocycles. The third-order valence-corrected chi connectivity index (χ3v) is 6.36. The summed E-state index contributed by atoms with van der Waals surface area (Å²) < 4.78 is 0. The monoisotopic (exact) mass is 394 g/mol. The van der Waals surface area contributed by atoms with E-state index in [-0.39, 0.29) is 17.4 Å². The average molecular weight is 394 g/mol. The van der Waals surface area contributed by atoms with Crippen LogP contribution in [0.3, 0.4) is 0 Å². The van der Waals surface area contributed by atoms with E-state index in [4.69, 9.17) is 0 Å².